The second-order valence-corrected chi connectivity index (χ2v) is 12.9. The van der Waals surface area contributed by atoms with E-state index in [0.717, 1.165) is 33.6 Å². The summed E-state index contributed by atoms with van der Waals surface area (Å²) >= 11 is 1.45. The van der Waals surface area contributed by atoms with E-state index in [2.05, 4.69) is 24.4 Å². The Kier molecular flexibility index (Phi) is 7.13. The number of ether oxygens (including phenoxy) is 2. The van der Waals surface area contributed by atoms with E-state index in [9.17, 15) is 14.7 Å². The SMILES string of the molecule is CC1(c2ccc(O)c(C(=O)Nc3ccc(-c4ccc5c(c4)S/C(=C\C4=CCC(C)(c6ccccc6)O4)C5=O)cc3)c2)CC=CO1. The third kappa shape index (κ3) is 5.44. The van der Waals surface area contributed by atoms with Crippen LogP contribution in [0.4, 0.5) is 5.69 Å². The Hall–Kier alpha value is -5.01. The average Bonchev–Trinajstić information content (AvgIpc) is 3.76. The topological polar surface area (TPSA) is 84.9 Å². The molecule has 0 saturated heterocycles. The zero-order valence-electron chi connectivity index (χ0n) is 24.9. The molecule has 2 unspecified atom stereocenters. The number of anilines is 1. The molecule has 2 atom stereocenters. The molecular formula is C38H31NO5S. The van der Waals surface area contributed by atoms with Crippen molar-refractivity contribution < 1.29 is 24.2 Å². The van der Waals surface area contributed by atoms with E-state index in [1.807, 2.05) is 85.8 Å². The van der Waals surface area contributed by atoms with E-state index in [1.165, 1.54) is 17.8 Å². The van der Waals surface area contributed by atoms with Gasteiger partial charge in [-0.3, -0.25) is 9.59 Å². The molecule has 0 radical (unpaired) electrons. The van der Waals surface area contributed by atoms with Crippen LogP contribution in [-0.2, 0) is 20.7 Å². The predicted octanol–water partition coefficient (Wildman–Crippen LogP) is 8.85. The maximum Gasteiger partial charge on any atom is 0.259 e. The van der Waals surface area contributed by atoms with Crippen LogP contribution in [-0.4, -0.2) is 16.8 Å². The molecule has 45 heavy (non-hydrogen) atoms. The van der Waals surface area contributed by atoms with Crippen molar-refractivity contribution in [2.75, 3.05) is 5.32 Å². The molecule has 0 saturated carbocycles. The summed E-state index contributed by atoms with van der Waals surface area (Å²) in [6.45, 7) is 4.02. The number of rotatable bonds is 6. The summed E-state index contributed by atoms with van der Waals surface area (Å²) < 4.78 is 12.1. The molecule has 7 heteroatoms. The number of phenols is 1. The van der Waals surface area contributed by atoms with Gasteiger partial charge in [-0.2, -0.15) is 0 Å². The molecule has 224 valence electrons. The van der Waals surface area contributed by atoms with Gasteiger partial charge in [-0.05, 0) is 90.7 Å². The van der Waals surface area contributed by atoms with Crippen LogP contribution in [0.5, 0.6) is 5.75 Å². The van der Waals surface area contributed by atoms with Crippen LogP contribution in [0.15, 0.2) is 131 Å². The van der Waals surface area contributed by atoms with Crippen LogP contribution >= 0.6 is 11.8 Å². The first-order valence-electron chi connectivity index (χ1n) is 14.8. The van der Waals surface area contributed by atoms with Crippen LogP contribution in [0.1, 0.15) is 58.5 Å². The summed E-state index contributed by atoms with van der Waals surface area (Å²) in [6.07, 6.45) is 8.92. The van der Waals surface area contributed by atoms with E-state index in [-0.39, 0.29) is 17.1 Å². The van der Waals surface area contributed by atoms with Crippen LogP contribution < -0.4 is 5.32 Å². The maximum atomic E-state index is 13.2. The lowest BCUT2D eigenvalue weighted by atomic mass is 9.91. The summed E-state index contributed by atoms with van der Waals surface area (Å²) in [5.74, 6) is 0.200. The maximum absolute atomic E-state index is 13.2. The molecule has 0 bridgehead atoms. The van der Waals surface area contributed by atoms with Crippen molar-refractivity contribution in [3.05, 3.63) is 148 Å². The number of fused-ring (bicyclic) bond motifs is 1. The van der Waals surface area contributed by atoms with Gasteiger partial charge in [0.05, 0.1) is 16.7 Å². The fourth-order valence-corrected chi connectivity index (χ4v) is 6.96. The van der Waals surface area contributed by atoms with E-state index in [1.54, 1.807) is 18.4 Å². The van der Waals surface area contributed by atoms with Gasteiger partial charge in [-0.25, -0.2) is 0 Å². The Labute approximate surface area is 266 Å². The Balaban J connectivity index is 1.04. The molecule has 2 N–H and O–H groups in total. The smallest absolute Gasteiger partial charge is 0.259 e. The minimum atomic E-state index is -0.564. The molecule has 0 aromatic heterocycles. The van der Waals surface area contributed by atoms with Gasteiger partial charge < -0.3 is 19.9 Å². The number of aromatic hydroxyl groups is 1. The molecule has 3 aliphatic heterocycles. The van der Waals surface area contributed by atoms with Crippen LogP contribution in [0, 0.1) is 0 Å². The highest BCUT2D eigenvalue weighted by Gasteiger charge is 2.34. The Morgan fingerprint density at radius 1 is 0.889 bits per heavy atom. The van der Waals surface area contributed by atoms with E-state index in [4.69, 9.17) is 9.47 Å². The molecule has 6 nitrogen and oxygen atoms in total. The third-order valence-electron chi connectivity index (χ3n) is 8.62. The first kappa shape index (κ1) is 28.7. The number of ketones is 1. The Morgan fingerprint density at radius 2 is 1.67 bits per heavy atom. The molecule has 0 aliphatic carbocycles. The fourth-order valence-electron chi connectivity index (χ4n) is 5.89. The molecule has 3 aliphatic rings. The lowest BCUT2D eigenvalue weighted by Gasteiger charge is -2.25. The zero-order valence-corrected chi connectivity index (χ0v) is 25.7. The Bertz CT molecular complexity index is 1920. The number of phenolic OH excluding ortho intramolecular Hbond substituents is 1. The van der Waals surface area contributed by atoms with Gasteiger partial charge in [0.2, 0.25) is 5.78 Å². The third-order valence-corrected chi connectivity index (χ3v) is 9.70. The predicted molar refractivity (Wildman–Crippen MR) is 176 cm³/mol. The van der Waals surface area contributed by atoms with Gasteiger partial charge in [0, 0.05) is 29.0 Å². The largest absolute Gasteiger partial charge is 0.507 e. The van der Waals surface area contributed by atoms with Crippen molar-refractivity contribution in [3.63, 3.8) is 0 Å². The van der Waals surface area contributed by atoms with Crippen LogP contribution in [0.25, 0.3) is 11.1 Å². The summed E-state index contributed by atoms with van der Waals surface area (Å²) in [5, 5.41) is 13.3. The lowest BCUT2D eigenvalue weighted by molar-refractivity contribution is 0.0468. The number of thioether (sulfide) groups is 1. The fraction of sp³-hybridized carbons (Fsp3) is 0.158. The van der Waals surface area contributed by atoms with Crippen molar-refractivity contribution in [3.8, 4) is 16.9 Å². The van der Waals surface area contributed by atoms with E-state index in [0.29, 0.717) is 28.3 Å². The highest BCUT2D eigenvalue weighted by Crippen LogP contribution is 2.45. The first-order valence-corrected chi connectivity index (χ1v) is 15.6. The van der Waals surface area contributed by atoms with E-state index >= 15 is 0 Å². The van der Waals surface area contributed by atoms with Crippen molar-refractivity contribution in [2.45, 2.75) is 42.8 Å². The normalized spacial score (nSPS) is 22.6. The van der Waals surface area contributed by atoms with Crippen molar-refractivity contribution in [1.82, 2.24) is 0 Å². The standard InChI is InChI=1S/C38H31NO5S/c1-37(18-6-20-43-37)27-12-16-32(40)31(22-27)36(42)39-28-13-9-24(10-14-28)25-11-15-30-33(21-25)45-34(35(30)41)23-29-17-19-38(2,44-29)26-7-4-3-5-8-26/h3-17,20-23,40H,18-19H2,1-2H3,(H,39,42)/b34-23-. The first-order chi connectivity index (χ1) is 21.7. The molecule has 0 fully saturated rings. The molecular weight excluding hydrogens is 582 g/mol. The highest BCUT2D eigenvalue weighted by molar-refractivity contribution is 8.04. The van der Waals surface area contributed by atoms with Crippen molar-refractivity contribution in [1.29, 1.82) is 0 Å². The monoisotopic (exact) mass is 613 g/mol. The number of allylic oxidation sites excluding steroid dienone is 2. The summed E-state index contributed by atoms with van der Waals surface area (Å²) in [6, 6.07) is 28.4. The summed E-state index contributed by atoms with van der Waals surface area (Å²) in [7, 11) is 0. The van der Waals surface area contributed by atoms with Gasteiger partial charge >= 0.3 is 0 Å². The minimum Gasteiger partial charge on any atom is -0.507 e. The van der Waals surface area contributed by atoms with Crippen LogP contribution in [0.3, 0.4) is 0 Å². The number of hydrogen-bond acceptors (Lipinski definition) is 6. The number of benzene rings is 4. The van der Waals surface area contributed by atoms with Gasteiger partial charge in [0.25, 0.3) is 5.91 Å². The van der Waals surface area contributed by atoms with Gasteiger partial charge in [0.15, 0.2) is 0 Å². The van der Waals surface area contributed by atoms with E-state index < -0.39 is 17.1 Å². The number of carbonyl (C=O) groups is 2. The number of hydrogen-bond donors (Lipinski definition) is 2. The second-order valence-electron chi connectivity index (χ2n) is 11.8. The molecule has 4 aromatic rings. The van der Waals surface area contributed by atoms with Crippen molar-refractivity contribution in [2.24, 2.45) is 0 Å². The number of nitrogens with one attached hydrogen (secondary N) is 1. The van der Waals surface area contributed by atoms with Gasteiger partial charge in [-0.15, -0.1) is 0 Å². The zero-order chi connectivity index (χ0) is 31.2. The minimum absolute atomic E-state index is 0.00510. The average molecular weight is 614 g/mol. The van der Waals surface area contributed by atoms with Crippen molar-refractivity contribution >= 4 is 29.1 Å². The molecule has 1 amide bonds. The molecule has 7 rings (SSSR count). The quantitative estimate of drug-likeness (QED) is 0.211. The molecule has 0 spiro atoms. The molecule has 4 aromatic carbocycles. The van der Waals surface area contributed by atoms with Gasteiger partial charge in [0.1, 0.15) is 22.7 Å². The number of amides is 1. The lowest BCUT2D eigenvalue weighted by Crippen LogP contribution is -2.21. The molecule has 3 heterocycles. The van der Waals surface area contributed by atoms with Crippen LogP contribution in [0.2, 0.25) is 0 Å². The summed E-state index contributed by atoms with van der Waals surface area (Å²) in [5.41, 5.74) is 4.28. The number of carbonyl (C=O) groups excluding carboxylic acids is 2. The van der Waals surface area contributed by atoms with Gasteiger partial charge in [-0.1, -0.05) is 66.4 Å². The number of Topliss-reactive ketones (excluding diaryl/α,β-unsaturated/α-hetero) is 1. The summed E-state index contributed by atoms with van der Waals surface area (Å²) in [4.78, 5) is 27.9. The Morgan fingerprint density at radius 3 is 2.42 bits per heavy atom. The highest BCUT2D eigenvalue weighted by atomic mass is 32.2. The second kappa shape index (κ2) is 11.2.